The SMILES string of the molecule is CNC(=O)CNC(=O)C[NH2+]C12CC3CC(CC(C3)C1)C2. The van der Waals surface area contributed by atoms with Gasteiger partial charge in [-0.05, 0) is 37.0 Å². The molecule has 0 aromatic carbocycles. The third-order valence-electron chi connectivity index (χ3n) is 5.53. The minimum Gasteiger partial charge on any atom is -0.358 e. The van der Waals surface area contributed by atoms with E-state index in [0.717, 1.165) is 17.8 Å². The van der Waals surface area contributed by atoms with E-state index in [0.29, 0.717) is 12.1 Å². The molecule has 0 aliphatic heterocycles. The summed E-state index contributed by atoms with van der Waals surface area (Å²) in [6, 6.07) is 0. The number of nitrogens with one attached hydrogen (secondary N) is 2. The highest BCUT2D eigenvalue weighted by Gasteiger charge is 2.53. The molecule has 4 fully saturated rings. The van der Waals surface area contributed by atoms with Gasteiger partial charge in [0.05, 0.1) is 12.1 Å². The van der Waals surface area contributed by atoms with E-state index in [1.807, 2.05) is 0 Å². The topological polar surface area (TPSA) is 74.8 Å². The largest absolute Gasteiger partial charge is 0.358 e. The molecule has 0 radical (unpaired) electrons. The van der Waals surface area contributed by atoms with E-state index < -0.39 is 0 Å². The monoisotopic (exact) mass is 280 g/mol. The molecule has 0 unspecified atom stereocenters. The van der Waals surface area contributed by atoms with E-state index in [-0.39, 0.29) is 18.4 Å². The van der Waals surface area contributed by atoms with Gasteiger partial charge in [-0.15, -0.1) is 0 Å². The molecule has 5 heteroatoms. The van der Waals surface area contributed by atoms with Crippen LogP contribution in [0.25, 0.3) is 0 Å². The fraction of sp³-hybridized carbons (Fsp3) is 0.867. The van der Waals surface area contributed by atoms with Gasteiger partial charge in [0.2, 0.25) is 5.91 Å². The Kier molecular flexibility index (Phi) is 3.71. The van der Waals surface area contributed by atoms with Crippen LogP contribution in [0.15, 0.2) is 0 Å². The summed E-state index contributed by atoms with van der Waals surface area (Å²) in [6.45, 7) is 0.549. The molecule has 0 saturated heterocycles. The summed E-state index contributed by atoms with van der Waals surface area (Å²) in [6.07, 6.45) is 8.16. The van der Waals surface area contributed by atoms with Crippen LogP contribution >= 0.6 is 0 Å². The zero-order valence-electron chi connectivity index (χ0n) is 12.3. The van der Waals surface area contributed by atoms with Gasteiger partial charge >= 0.3 is 0 Å². The van der Waals surface area contributed by atoms with Crippen molar-refractivity contribution in [2.45, 2.75) is 44.1 Å². The zero-order chi connectivity index (χ0) is 14.2. The number of carbonyl (C=O) groups excluding carboxylic acids is 2. The molecule has 0 spiro atoms. The quantitative estimate of drug-likeness (QED) is 0.628. The van der Waals surface area contributed by atoms with Crippen molar-refractivity contribution in [3.05, 3.63) is 0 Å². The summed E-state index contributed by atoms with van der Waals surface area (Å²) >= 11 is 0. The van der Waals surface area contributed by atoms with Crippen LogP contribution in [-0.4, -0.2) is 37.5 Å². The minimum absolute atomic E-state index is 0.0238. The van der Waals surface area contributed by atoms with Gasteiger partial charge in [-0.2, -0.15) is 0 Å². The van der Waals surface area contributed by atoms with Crippen LogP contribution < -0.4 is 16.0 Å². The first-order valence-corrected chi connectivity index (χ1v) is 7.90. The lowest BCUT2D eigenvalue weighted by molar-refractivity contribution is -0.730. The number of amides is 2. The van der Waals surface area contributed by atoms with Crippen molar-refractivity contribution in [1.82, 2.24) is 10.6 Å². The Morgan fingerprint density at radius 2 is 1.60 bits per heavy atom. The standard InChI is InChI=1S/C15H25N3O2/c1-16-13(19)8-17-14(20)9-18-15-5-10-2-11(6-15)4-12(3-10)7-15/h10-12,18H,2-9H2,1H3,(H,16,19)(H,17,20)/p+1. The van der Waals surface area contributed by atoms with Crippen molar-refractivity contribution in [1.29, 1.82) is 0 Å². The number of quaternary nitrogens is 1. The maximum atomic E-state index is 11.8. The summed E-state index contributed by atoms with van der Waals surface area (Å²) in [5.74, 6) is 2.56. The molecule has 4 saturated carbocycles. The summed E-state index contributed by atoms with van der Waals surface area (Å²) in [5, 5.41) is 7.47. The average molecular weight is 280 g/mol. The second kappa shape index (κ2) is 5.35. The molecular formula is C15H26N3O2+. The third kappa shape index (κ3) is 2.82. The van der Waals surface area contributed by atoms with Crippen molar-refractivity contribution >= 4 is 11.8 Å². The van der Waals surface area contributed by atoms with Crippen LogP contribution in [0.4, 0.5) is 0 Å². The fourth-order valence-electron chi connectivity index (χ4n) is 5.08. The van der Waals surface area contributed by atoms with Gasteiger partial charge in [-0.1, -0.05) is 0 Å². The van der Waals surface area contributed by atoms with E-state index in [9.17, 15) is 9.59 Å². The number of hydrogen-bond acceptors (Lipinski definition) is 2. The zero-order valence-corrected chi connectivity index (χ0v) is 12.3. The number of carbonyl (C=O) groups is 2. The molecule has 4 aliphatic carbocycles. The molecule has 0 aromatic heterocycles. The van der Waals surface area contributed by atoms with Gasteiger partial charge in [-0.3, -0.25) is 9.59 Å². The molecule has 4 bridgehead atoms. The summed E-state index contributed by atoms with van der Waals surface area (Å²) < 4.78 is 0. The first-order valence-electron chi connectivity index (χ1n) is 7.90. The molecule has 20 heavy (non-hydrogen) atoms. The molecule has 4 aliphatic rings. The van der Waals surface area contributed by atoms with Crippen LogP contribution in [0.1, 0.15) is 38.5 Å². The highest BCUT2D eigenvalue weighted by Crippen LogP contribution is 2.54. The lowest BCUT2D eigenvalue weighted by Crippen LogP contribution is -3.00. The van der Waals surface area contributed by atoms with Gasteiger partial charge in [0.15, 0.2) is 6.54 Å². The molecule has 4 N–H and O–H groups in total. The van der Waals surface area contributed by atoms with Gasteiger partial charge in [0.1, 0.15) is 0 Å². The van der Waals surface area contributed by atoms with Crippen LogP contribution in [0.2, 0.25) is 0 Å². The number of likely N-dealkylation sites (N-methyl/N-ethyl adjacent to an activating group) is 1. The van der Waals surface area contributed by atoms with Crippen LogP contribution in [0.5, 0.6) is 0 Å². The molecule has 0 aromatic rings. The smallest absolute Gasteiger partial charge is 0.275 e. The number of hydrogen-bond donors (Lipinski definition) is 3. The second-order valence-corrected chi connectivity index (χ2v) is 7.14. The highest BCUT2D eigenvalue weighted by molar-refractivity contribution is 5.84. The predicted molar refractivity (Wildman–Crippen MR) is 74.8 cm³/mol. The molecule has 5 nitrogen and oxygen atoms in total. The van der Waals surface area contributed by atoms with Crippen molar-refractivity contribution in [3.8, 4) is 0 Å². The predicted octanol–water partition coefficient (Wildman–Crippen LogP) is -0.619. The Balaban J connectivity index is 1.48. The Labute approximate surface area is 120 Å². The van der Waals surface area contributed by atoms with Crippen LogP contribution in [0, 0.1) is 17.8 Å². The van der Waals surface area contributed by atoms with E-state index in [4.69, 9.17) is 0 Å². The molecule has 0 atom stereocenters. The van der Waals surface area contributed by atoms with Crippen LogP contribution in [0.3, 0.4) is 0 Å². The van der Waals surface area contributed by atoms with Gasteiger partial charge in [0, 0.05) is 26.3 Å². The Hall–Kier alpha value is -1.10. The minimum atomic E-state index is -0.145. The number of nitrogens with two attached hydrogens (primary N) is 1. The normalized spacial score (nSPS) is 37.8. The van der Waals surface area contributed by atoms with Gasteiger partial charge in [-0.25, -0.2) is 0 Å². The molecular weight excluding hydrogens is 254 g/mol. The third-order valence-corrected chi connectivity index (χ3v) is 5.53. The Morgan fingerprint density at radius 3 is 2.10 bits per heavy atom. The second-order valence-electron chi connectivity index (χ2n) is 7.14. The Morgan fingerprint density at radius 1 is 1.05 bits per heavy atom. The Bertz CT molecular complexity index is 373. The van der Waals surface area contributed by atoms with Crippen LogP contribution in [-0.2, 0) is 9.59 Å². The maximum Gasteiger partial charge on any atom is 0.275 e. The van der Waals surface area contributed by atoms with Crippen molar-refractivity contribution in [3.63, 3.8) is 0 Å². The van der Waals surface area contributed by atoms with Crippen molar-refractivity contribution in [2.24, 2.45) is 17.8 Å². The first kappa shape index (κ1) is 13.9. The summed E-state index contributed by atoms with van der Waals surface area (Å²) in [7, 11) is 1.58. The fourth-order valence-corrected chi connectivity index (χ4v) is 5.08. The first-order chi connectivity index (χ1) is 9.58. The van der Waals surface area contributed by atoms with Crippen molar-refractivity contribution in [2.75, 3.05) is 20.1 Å². The van der Waals surface area contributed by atoms with Gasteiger partial charge in [0.25, 0.3) is 5.91 Å². The lowest BCUT2D eigenvalue weighted by Gasteiger charge is -2.54. The number of rotatable bonds is 5. The average Bonchev–Trinajstić information content (AvgIpc) is 2.41. The molecule has 4 rings (SSSR count). The molecule has 2 amide bonds. The van der Waals surface area contributed by atoms with E-state index in [1.54, 1.807) is 7.05 Å². The maximum absolute atomic E-state index is 11.8. The van der Waals surface area contributed by atoms with E-state index in [2.05, 4.69) is 16.0 Å². The van der Waals surface area contributed by atoms with Crippen molar-refractivity contribution < 1.29 is 14.9 Å². The lowest BCUT2D eigenvalue weighted by atomic mass is 9.53. The van der Waals surface area contributed by atoms with Gasteiger partial charge < -0.3 is 16.0 Å². The molecule has 0 heterocycles. The van der Waals surface area contributed by atoms with E-state index >= 15 is 0 Å². The van der Waals surface area contributed by atoms with E-state index in [1.165, 1.54) is 38.5 Å². The molecule has 112 valence electrons. The highest BCUT2D eigenvalue weighted by atomic mass is 16.2. The summed E-state index contributed by atoms with van der Waals surface area (Å²) in [5.41, 5.74) is 0.332. The summed E-state index contributed by atoms with van der Waals surface area (Å²) in [4.78, 5) is 22.9.